The van der Waals surface area contributed by atoms with E-state index in [0.29, 0.717) is 26.4 Å². The number of fused-ring (bicyclic) bond motifs is 1. The van der Waals surface area contributed by atoms with Crippen molar-refractivity contribution >= 4 is 46.5 Å². The van der Waals surface area contributed by atoms with Crippen LogP contribution in [0.15, 0.2) is 89.7 Å². The van der Waals surface area contributed by atoms with Gasteiger partial charge in [0.25, 0.3) is 11.5 Å². The van der Waals surface area contributed by atoms with E-state index in [9.17, 15) is 9.59 Å². The molecular formula is C26H17Cl3N2O2. The van der Waals surface area contributed by atoms with E-state index in [4.69, 9.17) is 34.8 Å². The molecule has 2 heterocycles. The van der Waals surface area contributed by atoms with Crippen molar-refractivity contribution in [3.63, 3.8) is 0 Å². The number of nitrogens with zero attached hydrogens (tertiary/aromatic N) is 2. The van der Waals surface area contributed by atoms with Gasteiger partial charge in [-0.15, -0.1) is 0 Å². The van der Waals surface area contributed by atoms with Crippen LogP contribution in [0.3, 0.4) is 0 Å². The van der Waals surface area contributed by atoms with Crippen LogP contribution < -0.4 is 10.5 Å². The van der Waals surface area contributed by atoms with Gasteiger partial charge in [-0.1, -0.05) is 71.2 Å². The lowest BCUT2D eigenvalue weighted by Gasteiger charge is -2.20. The van der Waals surface area contributed by atoms with E-state index in [0.717, 1.165) is 16.7 Å². The number of anilines is 1. The molecule has 3 aromatic carbocycles. The summed E-state index contributed by atoms with van der Waals surface area (Å²) in [4.78, 5) is 28.4. The van der Waals surface area contributed by atoms with Crippen LogP contribution in [0.25, 0.3) is 11.1 Å². The summed E-state index contributed by atoms with van der Waals surface area (Å²) in [6, 6.07) is 24.4. The minimum Gasteiger partial charge on any atom is -0.291 e. The number of hydrogen-bond acceptors (Lipinski definition) is 2. The van der Waals surface area contributed by atoms with E-state index < -0.39 is 0 Å². The van der Waals surface area contributed by atoms with Crippen molar-refractivity contribution in [2.75, 3.05) is 11.4 Å². The predicted octanol–water partition coefficient (Wildman–Crippen LogP) is 6.73. The van der Waals surface area contributed by atoms with Crippen molar-refractivity contribution in [1.29, 1.82) is 0 Å². The molecule has 1 aromatic heterocycles. The number of carbonyl (C=O) groups is 1. The van der Waals surface area contributed by atoms with Gasteiger partial charge in [0.15, 0.2) is 0 Å². The monoisotopic (exact) mass is 494 g/mol. The summed E-state index contributed by atoms with van der Waals surface area (Å²) in [5.74, 6) is 0.251. The number of aromatic nitrogens is 1. The zero-order valence-corrected chi connectivity index (χ0v) is 19.5. The highest BCUT2D eigenvalue weighted by atomic mass is 35.5. The molecule has 0 aliphatic carbocycles. The Kier molecular flexibility index (Phi) is 5.75. The molecule has 4 aromatic rings. The summed E-state index contributed by atoms with van der Waals surface area (Å²) in [7, 11) is 0. The average molecular weight is 496 g/mol. The quantitative estimate of drug-likeness (QED) is 0.316. The molecule has 5 rings (SSSR count). The Balaban J connectivity index is 1.73. The van der Waals surface area contributed by atoms with Gasteiger partial charge in [0, 0.05) is 21.7 Å². The first-order chi connectivity index (χ1) is 15.9. The van der Waals surface area contributed by atoms with Crippen LogP contribution in [0, 0.1) is 0 Å². The fourth-order valence-electron chi connectivity index (χ4n) is 4.21. The fourth-order valence-corrected chi connectivity index (χ4v) is 4.68. The predicted molar refractivity (Wildman–Crippen MR) is 134 cm³/mol. The minimum absolute atomic E-state index is 0.197. The average Bonchev–Trinajstić information content (AvgIpc) is 3.22. The lowest BCUT2D eigenvalue weighted by atomic mass is 10.1. The molecule has 1 amide bonds. The van der Waals surface area contributed by atoms with E-state index in [1.54, 1.807) is 64.1 Å². The Morgan fingerprint density at radius 2 is 1.42 bits per heavy atom. The molecule has 0 fully saturated rings. The molecule has 0 N–H and O–H groups in total. The number of carbonyl (C=O) groups excluding carboxylic acids is 1. The Bertz CT molecular complexity index is 1410. The van der Waals surface area contributed by atoms with Crippen LogP contribution in [0.4, 0.5) is 5.82 Å². The highest BCUT2D eigenvalue weighted by Crippen LogP contribution is 2.40. The van der Waals surface area contributed by atoms with Crippen molar-refractivity contribution < 1.29 is 4.79 Å². The molecule has 0 radical (unpaired) electrons. The molecule has 33 heavy (non-hydrogen) atoms. The third-order valence-electron chi connectivity index (χ3n) is 5.78. The van der Waals surface area contributed by atoms with Gasteiger partial charge in [-0.05, 0) is 53.6 Å². The normalized spacial score (nSPS) is 14.9. The molecule has 0 unspecified atom stereocenters. The lowest BCUT2D eigenvalue weighted by molar-refractivity contribution is 0.0989. The fraction of sp³-hybridized carbons (Fsp3) is 0.0769. The van der Waals surface area contributed by atoms with Crippen LogP contribution in [-0.2, 0) is 0 Å². The summed E-state index contributed by atoms with van der Waals surface area (Å²) in [5, 5.41) is 1.56. The van der Waals surface area contributed by atoms with Crippen molar-refractivity contribution in [3.05, 3.63) is 121 Å². The van der Waals surface area contributed by atoms with Gasteiger partial charge < -0.3 is 0 Å². The Hall–Kier alpha value is -3.05. The van der Waals surface area contributed by atoms with Crippen molar-refractivity contribution in [2.24, 2.45) is 0 Å². The molecule has 7 heteroatoms. The number of halogens is 3. The Labute approximate surface area is 205 Å². The van der Waals surface area contributed by atoms with Gasteiger partial charge in [-0.2, -0.15) is 0 Å². The number of rotatable bonds is 3. The summed E-state index contributed by atoms with van der Waals surface area (Å²) in [5.41, 5.74) is 2.66. The smallest absolute Gasteiger partial charge is 0.261 e. The largest absolute Gasteiger partial charge is 0.291 e. The van der Waals surface area contributed by atoms with Crippen molar-refractivity contribution in [2.45, 2.75) is 6.04 Å². The van der Waals surface area contributed by atoms with Crippen molar-refractivity contribution in [1.82, 2.24) is 4.57 Å². The molecule has 0 saturated heterocycles. The number of benzene rings is 3. The van der Waals surface area contributed by atoms with Crippen LogP contribution in [-0.4, -0.2) is 17.0 Å². The first kappa shape index (κ1) is 21.8. The molecular weight excluding hydrogens is 479 g/mol. The second-order valence-electron chi connectivity index (χ2n) is 7.75. The number of hydrogen-bond donors (Lipinski definition) is 0. The Morgan fingerprint density at radius 1 is 0.788 bits per heavy atom. The minimum atomic E-state index is -0.372. The third-order valence-corrected chi connectivity index (χ3v) is 6.61. The second-order valence-corrected chi connectivity index (χ2v) is 9.03. The van der Waals surface area contributed by atoms with Crippen LogP contribution in [0.5, 0.6) is 0 Å². The van der Waals surface area contributed by atoms with Gasteiger partial charge in [0.1, 0.15) is 5.82 Å². The zero-order valence-electron chi connectivity index (χ0n) is 17.2. The van der Waals surface area contributed by atoms with E-state index in [-0.39, 0.29) is 24.1 Å². The first-order valence-electron chi connectivity index (χ1n) is 10.3. The molecule has 1 aliphatic heterocycles. The maximum atomic E-state index is 13.7. The molecule has 0 saturated carbocycles. The maximum Gasteiger partial charge on any atom is 0.261 e. The van der Waals surface area contributed by atoms with E-state index >= 15 is 0 Å². The Morgan fingerprint density at radius 3 is 2.09 bits per heavy atom. The van der Waals surface area contributed by atoms with Crippen molar-refractivity contribution in [3.8, 4) is 11.1 Å². The molecule has 164 valence electrons. The topological polar surface area (TPSA) is 42.3 Å². The molecule has 1 atom stereocenters. The van der Waals surface area contributed by atoms with E-state index in [2.05, 4.69) is 0 Å². The molecule has 0 bridgehead atoms. The highest BCUT2D eigenvalue weighted by Gasteiger charge is 2.37. The third kappa shape index (κ3) is 3.95. The maximum absolute atomic E-state index is 13.7. The number of amides is 1. The van der Waals surface area contributed by atoms with Gasteiger partial charge in [-0.3, -0.25) is 19.1 Å². The first-order valence-corrected chi connectivity index (χ1v) is 11.4. The van der Waals surface area contributed by atoms with Gasteiger partial charge in [0.2, 0.25) is 0 Å². The molecule has 4 nitrogen and oxygen atoms in total. The lowest BCUT2D eigenvalue weighted by Crippen LogP contribution is -2.30. The van der Waals surface area contributed by atoms with Crippen LogP contribution in [0.1, 0.15) is 22.0 Å². The molecule has 1 aliphatic rings. The van der Waals surface area contributed by atoms with Gasteiger partial charge >= 0.3 is 0 Å². The second kappa shape index (κ2) is 8.71. The SMILES string of the molecule is O=C(c1ccccc1Cl)N1C[C@H](c2ccc(Cl)cc2)n2c1c(-c1ccc(Cl)cc1)ccc2=O. The standard InChI is InChI=1S/C26H17Cl3N2O2/c27-18-9-5-16(6-10-18)20-13-14-24(32)31-23(17-7-11-19(28)12-8-17)15-30(25(20)31)26(33)21-3-1-2-4-22(21)29/h1-14,23H,15H2/t23-/m1/s1. The van der Waals surface area contributed by atoms with Gasteiger partial charge in [-0.25, -0.2) is 0 Å². The summed E-state index contributed by atoms with van der Waals surface area (Å²) < 4.78 is 1.67. The highest BCUT2D eigenvalue weighted by molar-refractivity contribution is 6.34. The zero-order chi connectivity index (χ0) is 23.1. The van der Waals surface area contributed by atoms with Crippen LogP contribution >= 0.6 is 34.8 Å². The van der Waals surface area contributed by atoms with Crippen LogP contribution in [0.2, 0.25) is 15.1 Å². The summed E-state index contributed by atoms with van der Waals surface area (Å²) in [6.07, 6.45) is 0. The summed E-state index contributed by atoms with van der Waals surface area (Å²) in [6.45, 7) is 0.283. The summed E-state index contributed by atoms with van der Waals surface area (Å²) >= 11 is 18.5. The van der Waals surface area contributed by atoms with E-state index in [1.165, 1.54) is 6.07 Å². The van der Waals surface area contributed by atoms with E-state index in [1.807, 2.05) is 24.3 Å². The van der Waals surface area contributed by atoms with Gasteiger partial charge in [0.05, 0.1) is 23.2 Å². The number of pyridine rings is 1. The molecule has 0 spiro atoms.